The molecule has 0 bridgehead atoms. The molecule has 3 aromatic carbocycles. The third-order valence-corrected chi connectivity index (χ3v) is 9.23. The van der Waals surface area contributed by atoms with Crippen LogP contribution in [0.5, 0.6) is 23.0 Å². The number of hydrogen-bond donors (Lipinski definition) is 0. The number of aryl methyl sites for hydroxylation is 1. The topological polar surface area (TPSA) is 50.5 Å². The van der Waals surface area contributed by atoms with E-state index in [1.165, 1.54) is 0 Å². The molecule has 0 spiro atoms. The number of halogens is 6. The predicted octanol–water partition coefficient (Wildman–Crippen LogP) is 11.3. The average Bonchev–Trinajstić information content (AvgIpc) is 3.11. The van der Waals surface area contributed by atoms with E-state index in [0.717, 1.165) is 125 Å². The van der Waals surface area contributed by atoms with Gasteiger partial charge in [0.15, 0.2) is 0 Å². The standard InChI is InChI=1S/C38H55N4O4.F6P/c1-12-19-42-29-20-26(39(13-2)14-3)22-31(43-8)35(29)38(36-30(42)21-27(23-32(36)44-9)40(15-4)16-5)37-33(45-10)24-28(25-34(37)46-11)41(17-6)18-7;1-7(2,3,4,5)6/h20-25H,12-19H2,1-11H3;/q+1;-1. The van der Waals surface area contributed by atoms with Gasteiger partial charge in [-0.2, -0.15) is 4.57 Å². The van der Waals surface area contributed by atoms with Crippen LogP contribution in [0.15, 0.2) is 36.4 Å². The monoisotopic (exact) mass is 776 g/mol. The van der Waals surface area contributed by atoms with Crippen LogP contribution in [-0.2, 0) is 6.54 Å². The van der Waals surface area contributed by atoms with Crippen molar-refractivity contribution in [1.82, 2.24) is 0 Å². The zero-order valence-corrected chi connectivity index (χ0v) is 33.7. The molecule has 0 atom stereocenters. The maximum absolute atomic E-state index is 10.7. The summed E-state index contributed by atoms with van der Waals surface area (Å²) in [6.07, 6.45) is 0.967. The summed E-state index contributed by atoms with van der Waals surface area (Å²) in [6, 6.07) is 13.2. The Morgan fingerprint density at radius 1 is 0.472 bits per heavy atom. The van der Waals surface area contributed by atoms with Crippen molar-refractivity contribution < 1.29 is 48.7 Å². The van der Waals surface area contributed by atoms with Crippen LogP contribution in [0.25, 0.3) is 32.9 Å². The van der Waals surface area contributed by atoms with Crippen LogP contribution < -0.4 is 38.2 Å². The van der Waals surface area contributed by atoms with Crippen molar-refractivity contribution >= 4 is 46.7 Å². The summed E-state index contributed by atoms with van der Waals surface area (Å²) in [7, 11) is -3.66. The fourth-order valence-electron chi connectivity index (χ4n) is 6.85. The Hall–Kier alpha value is -4.06. The summed E-state index contributed by atoms with van der Waals surface area (Å²) in [5.41, 5.74) is 7.37. The molecule has 4 aromatic rings. The van der Waals surface area contributed by atoms with Gasteiger partial charge in [0.25, 0.3) is 0 Å². The van der Waals surface area contributed by atoms with Gasteiger partial charge in [-0.05, 0) is 41.5 Å². The Labute approximate surface area is 309 Å². The summed E-state index contributed by atoms with van der Waals surface area (Å²) in [6.45, 7) is 21.5. The average molecular weight is 777 g/mol. The van der Waals surface area contributed by atoms with E-state index in [2.05, 4.69) is 104 Å². The molecule has 1 aromatic heterocycles. The molecule has 0 unspecified atom stereocenters. The second-order valence-electron chi connectivity index (χ2n) is 12.3. The first-order chi connectivity index (χ1) is 24.8. The molecule has 0 fully saturated rings. The number of rotatable bonds is 16. The van der Waals surface area contributed by atoms with Crippen LogP contribution in [0.3, 0.4) is 0 Å². The summed E-state index contributed by atoms with van der Waals surface area (Å²) in [4.78, 5) is 7.04. The minimum absolute atomic E-state index is 0.738. The first kappa shape index (κ1) is 43.3. The predicted molar refractivity (Wildman–Crippen MR) is 208 cm³/mol. The SMILES string of the molecule is CCC[n+]1c2cc(N(CC)CC)cc(OC)c2c(-c2c(OC)cc(N(CC)CC)cc2OC)c2c(OC)cc(N(CC)CC)cc21.F[P-](F)(F)(F)(F)F. The van der Waals surface area contributed by atoms with E-state index < -0.39 is 7.81 Å². The van der Waals surface area contributed by atoms with Crippen molar-refractivity contribution in [2.24, 2.45) is 0 Å². The second kappa shape index (κ2) is 16.5. The van der Waals surface area contributed by atoms with Crippen LogP contribution >= 0.6 is 7.81 Å². The van der Waals surface area contributed by atoms with E-state index >= 15 is 0 Å². The molecule has 0 N–H and O–H groups in total. The van der Waals surface area contributed by atoms with Gasteiger partial charge in [-0.25, -0.2) is 0 Å². The quantitative estimate of drug-likeness (QED) is 0.0486. The van der Waals surface area contributed by atoms with Gasteiger partial charge in [0.1, 0.15) is 29.5 Å². The molecule has 53 heavy (non-hydrogen) atoms. The van der Waals surface area contributed by atoms with Crippen molar-refractivity contribution in [1.29, 1.82) is 0 Å². The van der Waals surface area contributed by atoms with E-state index in [9.17, 15) is 25.2 Å². The summed E-state index contributed by atoms with van der Waals surface area (Å²) >= 11 is 0. The minimum atomic E-state index is -10.7. The molecule has 0 amide bonds. The Morgan fingerprint density at radius 3 is 1.02 bits per heavy atom. The molecule has 4 rings (SSSR count). The Bertz CT molecular complexity index is 1770. The number of nitrogens with zero attached hydrogens (tertiary/aromatic N) is 4. The number of pyridine rings is 1. The molecule has 0 aliphatic rings. The van der Waals surface area contributed by atoms with Gasteiger partial charge in [-0.1, -0.05) is 6.92 Å². The molecule has 0 aliphatic heterocycles. The summed E-state index contributed by atoms with van der Waals surface area (Å²) in [5.74, 6) is 3.07. The van der Waals surface area contributed by atoms with Crippen LogP contribution in [0.1, 0.15) is 54.9 Å². The van der Waals surface area contributed by atoms with E-state index in [-0.39, 0.29) is 0 Å². The van der Waals surface area contributed by atoms with E-state index in [1.54, 1.807) is 28.4 Å². The molecule has 15 heteroatoms. The molecule has 0 saturated heterocycles. The summed E-state index contributed by atoms with van der Waals surface area (Å²) < 4.78 is 86.7. The fraction of sp³-hybridized carbons (Fsp3) is 0.500. The Kier molecular flexibility index (Phi) is 13.5. The van der Waals surface area contributed by atoms with Gasteiger partial charge in [-0.3, -0.25) is 0 Å². The fourth-order valence-corrected chi connectivity index (χ4v) is 6.85. The van der Waals surface area contributed by atoms with Crippen molar-refractivity contribution in [2.45, 2.75) is 61.4 Å². The number of hydrogen-bond acceptors (Lipinski definition) is 7. The van der Waals surface area contributed by atoms with Crippen molar-refractivity contribution in [3.8, 4) is 34.1 Å². The van der Waals surface area contributed by atoms with Crippen LogP contribution in [0.4, 0.5) is 42.2 Å². The molecule has 0 aliphatic carbocycles. The number of ether oxygens (including phenoxy) is 4. The number of anilines is 3. The van der Waals surface area contributed by atoms with Gasteiger partial charge in [0.05, 0.1) is 44.8 Å². The number of fused-ring (bicyclic) bond motifs is 2. The first-order valence-corrected chi connectivity index (χ1v) is 20.0. The maximum atomic E-state index is 9.87. The van der Waals surface area contributed by atoms with E-state index in [4.69, 9.17) is 18.9 Å². The second-order valence-corrected chi connectivity index (χ2v) is 14.2. The van der Waals surface area contributed by atoms with E-state index in [0.29, 0.717) is 0 Å². The molecule has 0 radical (unpaired) electrons. The van der Waals surface area contributed by atoms with Gasteiger partial charge < -0.3 is 33.6 Å². The molecular weight excluding hydrogens is 721 g/mol. The van der Waals surface area contributed by atoms with Crippen LogP contribution in [-0.4, -0.2) is 67.7 Å². The number of benzene rings is 3. The van der Waals surface area contributed by atoms with Gasteiger partial charge >= 0.3 is 33.0 Å². The number of methoxy groups -OCH3 is 4. The molecule has 298 valence electrons. The molecule has 8 nitrogen and oxygen atoms in total. The third kappa shape index (κ3) is 10.3. The van der Waals surface area contributed by atoms with Gasteiger partial charge in [-0.15, -0.1) is 0 Å². The zero-order valence-electron chi connectivity index (χ0n) is 32.8. The molecular formula is C38H55F6N4O4P. The molecule has 1 heterocycles. The third-order valence-electron chi connectivity index (χ3n) is 9.23. The normalized spacial score (nSPS) is 12.8. The van der Waals surface area contributed by atoms with Gasteiger partial charge in [0.2, 0.25) is 11.0 Å². The van der Waals surface area contributed by atoms with Crippen LogP contribution in [0, 0.1) is 0 Å². The van der Waals surface area contributed by atoms with Crippen LogP contribution in [0.2, 0.25) is 0 Å². The Morgan fingerprint density at radius 2 is 0.755 bits per heavy atom. The summed E-state index contributed by atoms with van der Waals surface area (Å²) in [5, 5.41) is 2.00. The van der Waals surface area contributed by atoms with Crippen molar-refractivity contribution in [3.05, 3.63) is 36.4 Å². The Balaban J connectivity index is 0.000000980. The first-order valence-electron chi connectivity index (χ1n) is 18.0. The molecule has 0 saturated carbocycles. The van der Waals surface area contributed by atoms with Crippen molar-refractivity contribution in [2.75, 3.05) is 82.4 Å². The van der Waals surface area contributed by atoms with E-state index in [1.807, 2.05) is 0 Å². The van der Waals surface area contributed by atoms with Crippen molar-refractivity contribution in [3.63, 3.8) is 0 Å². The van der Waals surface area contributed by atoms with Gasteiger partial charge in [0, 0.05) is 105 Å². The zero-order chi connectivity index (χ0) is 40.0. The number of aromatic nitrogens is 1.